The molecule has 0 bridgehead atoms. The minimum atomic E-state index is -0.743. The van der Waals surface area contributed by atoms with Crippen molar-refractivity contribution < 1.29 is 0 Å². The van der Waals surface area contributed by atoms with Gasteiger partial charge in [-0.15, -0.1) is 11.6 Å². The molecule has 1 unspecified atom stereocenters. The van der Waals surface area contributed by atoms with Crippen molar-refractivity contribution in [3.05, 3.63) is 46.4 Å². The highest BCUT2D eigenvalue weighted by Crippen LogP contribution is 2.40. The summed E-state index contributed by atoms with van der Waals surface area (Å²) in [4.78, 5) is 11.2. The molecule has 0 radical (unpaired) electrons. The SMILES string of the molecule is Cc1c(CN)c(C2(Cl)C=CC(Cl)=CC2)nc2nc(N3CCSCC3)cn12. The number of hydrogen-bond donors (Lipinski definition) is 1. The molecule has 8 heteroatoms. The average Bonchev–Trinajstić information content (AvgIpc) is 3.10. The van der Waals surface area contributed by atoms with E-state index in [9.17, 15) is 0 Å². The molecule has 1 aliphatic carbocycles. The van der Waals surface area contributed by atoms with Gasteiger partial charge in [0.15, 0.2) is 0 Å². The lowest BCUT2D eigenvalue weighted by molar-refractivity contribution is 0.705. The highest BCUT2D eigenvalue weighted by atomic mass is 35.5. The van der Waals surface area contributed by atoms with Crippen LogP contribution >= 0.6 is 35.0 Å². The molecule has 0 aromatic carbocycles. The highest BCUT2D eigenvalue weighted by molar-refractivity contribution is 7.99. The second-order valence-electron chi connectivity index (χ2n) is 6.59. The fraction of sp³-hybridized carbons (Fsp3) is 0.444. The van der Waals surface area contributed by atoms with Crippen LogP contribution in [0.3, 0.4) is 0 Å². The molecule has 5 nitrogen and oxygen atoms in total. The van der Waals surface area contributed by atoms with E-state index in [1.807, 2.05) is 41.3 Å². The lowest BCUT2D eigenvalue weighted by Gasteiger charge is -2.27. The van der Waals surface area contributed by atoms with Gasteiger partial charge in [0.05, 0.1) is 11.9 Å². The first-order valence-corrected chi connectivity index (χ1v) is 10.6. The molecule has 0 spiro atoms. The second-order valence-corrected chi connectivity index (χ2v) is 8.92. The van der Waals surface area contributed by atoms with Crippen LogP contribution in [0.15, 0.2) is 29.5 Å². The van der Waals surface area contributed by atoms with Crippen LogP contribution < -0.4 is 10.6 Å². The highest BCUT2D eigenvalue weighted by Gasteiger charge is 2.33. The van der Waals surface area contributed by atoms with Crippen LogP contribution in [0.25, 0.3) is 5.78 Å². The van der Waals surface area contributed by atoms with Gasteiger partial charge in [0.2, 0.25) is 5.78 Å². The van der Waals surface area contributed by atoms with E-state index in [0.29, 0.717) is 23.8 Å². The van der Waals surface area contributed by atoms with E-state index in [-0.39, 0.29) is 0 Å². The summed E-state index contributed by atoms with van der Waals surface area (Å²) in [5, 5.41) is 0.694. The van der Waals surface area contributed by atoms with Crippen LogP contribution in [-0.2, 0) is 11.4 Å². The third-order valence-electron chi connectivity index (χ3n) is 5.00. The van der Waals surface area contributed by atoms with Crippen molar-refractivity contribution in [3.63, 3.8) is 0 Å². The number of hydrogen-bond acceptors (Lipinski definition) is 5. The van der Waals surface area contributed by atoms with Gasteiger partial charge in [-0.25, -0.2) is 4.98 Å². The molecular weight excluding hydrogens is 389 g/mol. The summed E-state index contributed by atoms with van der Waals surface area (Å²) in [7, 11) is 0. The van der Waals surface area contributed by atoms with E-state index in [0.717, 1.165) is 47.4 Å². The predicted molar refractivity (Wildman–Crippen MR) is 110 cm³/mol. The number of aromatic nitrogens is 3. The van der Waals surface area contributed by atoms with Crippen molar-refractivity contribution in [3.8, 4) is 0 Å². The van der Waals surface area contributed by atoms with Crippen LogP contribution in [0.2, 0.25) is 0 Å². The van der Waals surface area contributed by atoms with Gasteiger partial charge in [-0.3, -0.25) is 4.40 Å². The molecule has 1 atom stereocenters. The Morgan fingerprint density at radius 1 is 1.31 bits per heavy atom. The molecular formula is C18H21Cl2N5S. The third kappa shape index (κ3) is 3.13. The number of halogens is 2. The molecule has 2 aromatic rings. The van der Waals surface area contributed by atoms with E-state index in [2.05, 4.69) is 11.1 Å². The maximum Gasteiger partial charge on any atom is 0.236 e. The number of anilines is 1. The van der Waals surface area contributed by atoms with Crippen molar-refractivity contribution in [1.82, 2.24) is 14.4 Å². The van der Waals surface area contributed by atoms with E-state index in [4.69, 9.17) is 38.9 Å². The first kappa shape index (κ1) is 18.2. The Morgan fingerprint density at radius 3 is 2.73 bits per heavy atom. The number of nitrogens with zero attached hydrogens (tertiary/aromatic N) is 4. The predicted octanol–water partition coefficient (Wildman–Crippen LogP) is 3.57. The summed E-state index contributed by atoms with van der Waals surface area (Å²) in [6.45, 7) is 4.44. The number of alkyl halides is 1. The van der Waals surface area contributed by atoms with Gasteiger partial charge in [0, 0.05) is 47.4 Å². The average molecular weight is 410 g/mol. The van der Waals surface area contributed by atoms with Gasteiger partial charge in [-0.1, -0.05) is 23.8 Å². The van der Waals surface area contributed by atoms with E-state index in [1.54, 1.807) is 0 Å². The van der Waals surface area contributed by atoms with Crippen molar-refractivity contribution >= 4 is 46.6 Å². The Bertz CT molecular complexity index is 901. The Kier molecular flexibility index (Phi) is 4.94. The number of allylic oxidation sites excluding steroid dienone is 4. The van der Waals surface area contributed by atoms with E-state index >= 15 is 0 Å². The van der Waals surface area contributed by atoms with E-state index < -0.39 is 4.87 Å². The topological polar surface area (TPSA) is 59.5 Å². The van der Waals surface area contributed by atoms with Gasteiger partial charge >= 0.3 is 0 Å². The number of rotatable bonds is 3. The number of nitrogens with two attached hydrogens (primary N) is 1. The summed E-state index contributed by atoms with van der Waals surface area (Å²) < 4.78 is 2.03. The van der Waals surface area contributed by atoms with Crippen LogP contribution in [0, 0.1) is 6.92 Å². The van der Waals surface area contributed by atoms with Crippen molar-refractivity contribution in [2.24, 2.45) is 5.73 Å². The smallest absolute Gasteiger partial charge is 0.236 e. The van der Waals surface area contributed by atoms with E-state index in [1.165, 1.54) is 0 Å². The molecule has 26 heavy (non-hydrogen) atoms. The molecule has 0 saturated carbocycles. The molecule has 4 rings (SSSR count). The lowest BCUT2D eigenvalue weighted by Crippen LogP contribution is -2.32. The zero-order valence-electron chi connectivity index (χ0n) is 14.6. The molecule has 2 aliphatic rings. The summed E-state index contributed by atoms with van der Waals surface area (Å²) in [5.41, 5.74) is 8.84. The van der Waals surface area contributed by atoms with Crippen molar-refractivity contribution in [2.75, 3.05) is 29.5 Å². The molecule has 1 saturated heterocycles. The Hall–Kier alpha value is -1.21. The zero-order chi connectivity index (χ0) is 18.3. The Labute approximate surface area is 167 Å². The summed E-state index contributed by atoms with van der Waals surface area (Å²) in [5.74, 6) is 3.88. The maximum atomic E-state index is 6.92. The monoisotopic (exact) mass is 409 g/mol. The fourth-order valence-corrected chi connectivity index (χ4v) is 4.81. The molecule has 138 valence electrons. The first-order chi connectivity index (χ1) is 12.5. The number of fused-ring (bicyclic) bond motifs is 1. The van der Waals surface area contributed by atoms with Crippen LogP contribution in [0.5, 0.6) is 0 Å². The largest absolute Gasteiger partial charge is 0.354 e. The van der Waals surface area contributed by atoms with Crippen molar-refractivity contribution in [1.29, 1.82) is 0 Å². The van der Waals surface area contributed by atoms with Gasteiger partial charge in [0.25, 0.3) is 0 Å². The standard InChI is InChI=1S/C18H21Cl2N5S/c1-12-14(10-21)16(18(20)4-2-13(19)3-5-18)23-17-22-15(11-25(12)17)24-6-8-26-9-7-24/h2-4,11H,5-10,21H2,1H3. The minimum absolute atomic E-state index is 0.373. The van der Waals surface area contributed by atoms with Gasteiger partial charge in [-0.05, 0) is 19.4 Å². The van der Waals surface area contributed by atoms with Gasteiger partial charge in [-0.2, -0.15) is 16.7 Å². The van der Waals surface area contributed by atoms with Gasteiger partial charge in [0.1, 0.15) is 10.7 Å². The van der Waals surface area contributed by atoms with Gasteiger partial charge < -0.3 is 10.6 Å². The van der Waals surface area contributed by atoms with Crippen LogP contribution in [0.1, 0.15) is 23.4 Å². The molecule has 1 fully saturated rings. The normalized spacial score (nSPS) is 23.5. The molecule has 2 aromatic heterocycles. The van der Waals surface area contributed by atoms with Crippen LogP contribution in [-0.4, -0.2) is 39.0 Å². The zero-order valence-corrected chi connectivity index (χ0v) is 16.9. The summed E-state index contributed by atoms with van der Waals surface area (Å²) >= 11 is 15.0. The lowest BCUT2D eigenvalue weighted by atomic mass is 9.92. The molecule has 0 amide bonds. The molecule has 3 heterocycles. The Morgan fingerprint density at radius 2 is 2.08 bits per heavy atom. The maximum absolute atomic E-state index is 6.92. The Balaban J connectivity index is 1.82. The first-order valence-electron chi connectivity index (χ1n) is 8.67. The van der Waals surface area contributed by atoms with Crippen molar-refractivity contribution in [2.45, 2.75) is 24.8 Å². The minimum Gasteiger partial charge on any atom is -0.354 e. The quantitative estimate of drug-likeness (QED) is 0.785. The summed E-state index contributed by atoms with van der Waals surface area (Å²) in [6, 6.07) is 0. The number of aryl methyl sites for hydroxylation is 1. The second kappa shape index (κ2) is 7.08. The number of thioether (sulfide) groups is 1. The third-order valence-corrected chi connectivity index (χ3v) is 6.69. The fourth-order valence-electron chi connectivity index (χ4n) is 3.47. The summed E-state index contributed by atoms with van der Waals surface area (Å²) in [6.07, 6.45) is 8.28. The van der Waals surface area contributed by atoms with Crippen LogP contribution in [0.4, 0.5) is 5.82 Å². The molecule has 2 N–H and O–H groups in total. The molecule has 1 aliphatic heterocycles. The number of imidazole rings is 1.